The van der Waals surface area contributed by atoms with E-state index < -0.39 is 0 Å². The predicted octanol–water partition coefficient (Wildman–Crippen LogP) is 2.08. The molecule has 0 bridgehead atoms. The van der Waals surface area contributed by atoms with Crippen molar-refractivity contribution in [3.8, 4) is 0 Å². The molecule has 0 N–H and O–H groups in total. The molecule has 0 aliphatic carbocycles. The molecule has 2 aliphatic rings. The van der Waals surface area contributed by atoms with Crippen molar-refractivity contribution in [1.82, 2.24) is 15.0 Å². The minimum atomic E-state index is -0.266. The summed E-state index contributed by atoms with van der Waals surface area (Å²) < 4.78 is 17.1. The second-order valence-corrected chi connectivity index (χ2v) is 6.95. The number of amides is 1. The van der Waals surface area contributed by atoms with Crippen LogP contribution in [0.15, 0.2) is 35.2 Å². The highest BCUT2D eigenvalue weighted by Gasteiger charge is 2.54. The largest absolute Gasteiger partial charge is 0.376 e. The van der Waals surface area contributed by atoms with Gasteiger partial charge in [0.2, 0.25) is 0 Å². The standard InChI is InChI=1S/C19H23N3O4/c1-2-17-16(9-21-26-17)18(23)22-12-19(13-22)15(5-8-25-19)11-24-10-14-3-6-20-7-4-14/h3-4,6-7,9,15H,2,5,8,10-13H2,1H3/t15-/m1/s1. The zero-order valence-electron chi connectivity index (χ0n) is 14.9. The number of hydrogen-bond donors (Lipinski definition) is 0. The zero-order valence-corrected chi connectivity index (χ0v) is 14.9. The lowest BCUT2D eigenvalue weighted by Gasteiger charge is -2.50. The highest BCUT2D eigenvalue weighted by Crippen LogP contribution is 2.40. The summed E-state index contributed by atoms with van der Waals surface area (Å²) in [6.07, 6.45) is 6.66. The first-order valence-corrected chi connectivity index (χ1v) is 9.05. The third kappa shape index (κ3) is 3.12. The number of aromatic nitrogens is 2. The molecule has 2 fully saturated rings. The molecule has 0 radical (unpaired) electrons. The first-order chi connectivity index (χ1) is 12.7. The molecule has 0 saturated carbocycles. The lowest BCUT2D eigenvalue weighted by molar-refractivity contribution is -0.129. The van der Waals surface area contributed by atoms with Crippen LogP contribution >= 0.6 is 0 Å². The highest BCUT2D eigenvalue weighted by molar-refractivity contribution is 5.95. The van der Waals surface area contributed by atoms with Crippen LogP contribution in [0, 0.1) is 5.92 Å². The maximum absolute atomic E-state index is 12.6. The van der Waals surface area contributed by atoms with Gasteiger partial charge in [-0.2, -0.15) is 0 Å². The number of pyridine rings is 1. The van der Waals surface area contributed by atoms with Crippen molar-refractivity contribution in [2.45, 2.75) is 32.0 Å². The summed E-state index contributed by atoms with van der Waals surface area (Å²) in [7, 11) is 0. The van der Waals surface area contributed by atoms with Crippen molar-refractivity contribution in [1.29, 1.82) is 0 Å². The molecule has 0 aromatic carbocycles. The predicted molar refractivity (Wildman–Crippen MR) is 92.5 cm³/mol. The van der Waals surface area contributed by atoms with Crippen molar-refractivity contribution in [3.05, 3.63) is 47.6 Å². The molecule has 0 unspecified atom stereocenters. The highest BCUT2D eigenvalue weighted by atomic mass is 16.5. The number of ether oxygens (including phenoxy) is 2. The van der Waals surface area contributed by atoms with E-state index >= 15 is 0 Å². The fourth-order valence-corrected chi connectivity index (χ4v) is 3.78. The Hall–Kier alpha value is -2.25. The molecular formula is C19H23N3O4. The molecule has 2 saturated heterocycles. The van der Waals surface area contributed by atoms with E-state index in [9.17, 15) is 4.79 Å². The Kier molecular flexibility index (Phi) is 4.74. The number of likely N-dealkylation sites (tertiary alicyclic amines) is 1. The summed E-state index contributed by atoms with van der Waals surface area (Å²) in [5, 5.41) is 3.75. The van der Waals surface area contributed by atoms with Crippen LogP contribution in [0.4, 0.5) is 0 Å². The van der Waals surface area contributed by atoms with Crippen LogP contribution in [-0.4, -0.2) is 52.9 Å². The SMILES string of the molecule is CCc1oncc1C(=O)N1CC2(C1)OCC[C@@H]2COCc1ccncc1. The van der Waals surface area contributed by atoms with Gasteiger partial charge in [-0.15, -0.1) is 0 Å². The molecule has 7 nitrogen and oxygen atoms in total. The summed E-state index contributed by atoms with van der Waals surface area (Å²) in [6, 6.07) is 3.91. The molecule has 4 heterocycles. The van der Waals surface area contributed by atoms with E-state index in [1.165, 1.54) is 6.20 Å². The molecular weight excluding hydrogens is 334 g/mol. The minimum absolute atomic E-state index is 0.0271. The molecule has 26 heavy (non-hydrogen) atoms. The van der Waals surface area contributed by atoms with Crippen molar-refractivity contribution in [2.75, 3.05) is 26.3 Å². The molecule has 7 heteroatoms. The van der Waals surface area contributed by atoms with Crippen LogP contribution in [0.1, 0.15) is 35.0 Å². The Labute approximate surface area is 152 Å². The molecule has 2 aromatic heterocycles. The summed E-state index contributed by atoms with van der Waals surface area (Å²) in [5.74, 6) is 0.919. The smallest absolute Gasteiger partial charge is 0.259 e. The second-order valence-electron chi connectivity index (χ2n) is 6.95. The van der Waals surface area contributed by atoms with Gasteiger partial charge in [-0.3, -0.25) is 9.78 Å². The Morgan fingerprint density at radius 2 is 2.19 bits per heavy atom. The van der Waals surface area contributed by atoms with Gasteiger partial charge >= 0.3 is 0 Å². The third-order valence-corrected chi connectivity index (χ3v) is 5.34. The van der Waals surface area contributed by atoms with Crippen LogP contribution in [0.5, 0.6) is 0 Å². The van der Waals surface area contributed by atoms with E-state index in [0.717, 1.165) is 18.6 Å². The van der Waals surface area contributed by atoms with Gasteiger partial charge in [-0.25, -0.2) is 0 Å². The fourth-order valence-electron chi connectivity index (χ4n) is 3.78. The van der Waals surface area contributed by atoms with Crippen molar-refractivity contribution in [3.63, 3.8) is 0 Å². The van der Waals surface area contributed by atoms with Gasteiger partial charge < -0.3 is 18.9 Å². The zero-order chi connectivity index (χ0) is 18.0. The quantitative estimate of drug-likeness (QED) is 0.788. The summed E-state index contributed by atoms with van der Waals surface area (Å²) in [4.78, 5) is 18.5. The molecule has 1 atom stereocenters. The number of carbonyl (C=O) groups excluding carboxylic acids is 1. The number of hydrogen-bond acceptors (Lipinski definition) is 6. The van der Waals surface area contributed by atoms with Crippen LogP contribution in [-0.2, 0) is 22.5 Å². The summed E-state index contributed by atoms with van der Waals surface area (Å²) in [6.45, 7) is 5.08. The van der Waals surface area contributed by atoms with Gasteiger partial charge in [-0.1, -0.05) is 12.1 Å². The van der Waals surface area contributed by atoms with Crippen LogP contribution in [0.3, 0.4) is 0 Å². The number of carbonyl (C=O) groups is 1. The van der Waals surface area contributed by atoms with Crippen LogP contribution in [0.2, 0.25) is 0 Å². The minimum Gasteiger partial charge on any atom is -0.376 e. The number of rotatable bonds is 6. The van der Waals surface area contributed by atoms with Gasteiger partial charge in [0.25, 0.3) is 5.91 Å². The Balaban J connectivity index is 1.32. The van der Waals surface area contributed by atoms with Crippen molar-refractivity contribution >= 4 is 5.91 Å². The topological polar surface area (TPSA) is 77.7 Å². The average Bonchev–Trinajstić information content (AvgIpc) is 3.27. The monoisotopic (exact) mass is 357 g/mol. The Bertz CT molecular complexity index is 755. The second kappa shape index (κ2) is 7.17. The van der Waals surface area contributed by atoms with E-state index in [2.05, 4.69) is 10.1 Å². The van der Waals surface area contributed by atoms with Gasteiger partial charge in [-0.05, 0) is 24.1 Å². The van der Waals surface area contributed by atoms with E-state index in [4.69, 9.17) is 14.0 Å². The first-order valence-electron chi connectivity index (χ1n) is 9.05. The van der Waals surface area contributed by atoms with Gasteiger partial charge in [0.05, 0.1) is 32.5 Å². The van der Waals surface area contributed by atoms with E-state index in [1.54, 1.807) is 12.4 Å². The molecule has 2 aromatic rings. The third-order valence-electron chi connectivity index (χ3n) is 5.34. The van der Waals surface area contributed by atoms with Gasteiger partial charge in [0.1, 0.15) is 16.9 Å². The van der Waals surface area contributed by atoms with Crippen molar-refractivity contribution in [2.24, 2.45) is 5.92 Å². The summed E-state index contributed by atoms with van der Waals surface area (Å²) in [5.41, 5.74) is 1.40. The summed E-state index contributed by atoms with van der Waals surface area (Å²) >= 11 is 0. The van der Waals surface area contributed by atoms with E-state index in [0.29, 0.717) is 50.0 Å². The van der Waals surface area contributed by atoms with Gasteiger partial charge in [0.15, 0.2) is 0 Å². The molecule has 2 aliphatic heterocycles. The Morgan fingerprint density at radius 1 is 1.38 bits per heavy atom. The molecule has 1 spiro atoms. The van der Waals surface area contributed by atoms with E-state index in [-0.39, 0.29) is 11.5 Å². The lowest BCUT2D eigenvalue weighted by Crippen LogP contribution is -2.66. The van der Waals surface area contributed by atoms with Crippen LogP contribution in [0.25, 0.3) is 0 Å². The molecule has 138 valence electrons. The fraction of sp³-hybridized carbons (Fsp3) is 0.526. The van der Waals surface area contributed by atoms with Gasteiger partial charge in [0, 0.05) is 31.3 Å². The normalized spacial score (nSPS) is 21.1. The Morgan fingerprint density at radius 3 is 2.96 bits per heavy atom. The first kappa shape index (κ1) is 17.2. The van der Waals surface area contributed by atoms with E-state index in [1.807, 2.05) is 24.0 Å². The lowest BCUT2D eigenvalue weighted by atomic mass is 9.81. The molecule has 1 amide bonds. The van der Waals surface area contributed by atoms with Crippen molar-refractivity contribution < 1.29 is 18.8 Å². The maximum Gasteiger partial charge on any atom is 0.259 e. The molecule has 4 rings (SSSR count). The number of nitrogens with zero attached hydrogens (tertiary/aromatic N) is 3. The average molecular weight is 357 g/mol. The number of aryl methyl sites for hydroxylation is 1. The maximum atomic E-state index is 12.6. The van der Waals surface area contributed by atoms with Crippen LogP contribution < -0.4 is 0 Å².